The molecule has 128 valence electrons. The largest absolute Gasteiger partial charge is 0.493 e. The van der Waals surface area contributed by atoms with Gasteiger partial charge < -0.3 is 14.3 Å². The van der Waals surface area contributed by atoms with E-state index in [0.717, 1.165) is 5.56 Å². The number of carbonyl (C=O) groups excluding carboxylic acids is 1. The first-order chi connectivity index (χ1) is 12.1. The Morgan fingerprint density at radius 2 is 2.00 bits per heavy atom. The summed E-state index contributed by atoms with van der Waals surface area (Å²) in [6.07, 6.45) is 1.66. The van der Waals surface area contributed by atoms with E-state index in [9.17, 15) is 9.18 Å². The number of benzene rings is 2. The fourth-order valence-electron chi connectivity index (χ4n) is 2.35. The Kier molecular flexibility index (Phi) is 4.79. The van der Waals surface area contributed by atoms with Gasteiger partial charge >= 0.3 is 5.97 Å². The molecular weight excluding hydrogens is 325 g/mol. The number of halogens is 1. The van der Waals surface area contributed by atoms with Gasteiger partial charge in [0, 0.05) is 5.56 Å². The van der Waals surface area contributed by atoms with Gasteiger partial charge in [-0.05, 0) is 36.8 Å². The maximum Gasteiger partial charge on any atom is 0.367 e. The first kappa shape index (κ1) is 16.7. The molecule has 0 saturated carbocycles. The first-order valence-electron chi connectivity index (χ1n) is 7.60. The van der Waals surface area contributed by atoms with Gasteiger partial charge in [0.15, 0.2) is 11.5 Å². The molecule has 0 saturated heterocycles. The van der Waals surface area contributed by atoms with Gasteiger partial charge in [-0.15, -0.1) is 0 Å². The molecule has 1 aliphatic rings. The van der Waals surface area contributed by atoms with E-state index in [4.69, 9.17) is 9.47 Å². The van der Waals surface area contributed by atoms with E-state index >= 15 is 0 Å². The molecule has 0 fully saturated rings. The normalized spacial score (nSPS) is 15.1. The minimum atomic E-state index is -0.489. The van der Waals surface area contributed by atoms with Crippen LogP contribution >= 0.6 is 0 Å². The van der Waals surface area contributed by atoms with Crippen molar-refractivity contribution >= 4 is 17.8 Å². The molecule has 2 aromatic carbocycles. The van der Waals surface area contributed by atoms with Crippen LogP contribution < -0.4 is 9.47 Å². The Hall–Kier alpha value is -3.15. The van der Waals surface area contributed by atoms with Crippen LogP contribution in [0.4, 0.5) is 4.39 Å². The fraction of sp³-hybridized carbons (Fsp3) is 0.158. The number of nitrogens with zero attached hydrogens (tertiary/aromatic N) is 1. The second kappa shape index (κ2) is 7.17. The number of hydrogen-bond donors (Lipinski definition) is 0. The zero-order chi connectivity index (χ0) is 17.8. The van der Waals surface area contributed by atoms with Gasteiger partial charge in [0.05, 0.1) is 18.4 Å². The van der Waals surface area contributed by atoms with Crippen LogP contribution in [0.15, 0.2) is 53.2 Å². The fourth-order valence-corrected chi connectivity index (χ4v) is 2.35. The lowest BCUT2D eigenvalue weighted by Crippen LogP contribution is -2.02. The predicted molar refractivity (Wildman–Crippen MR) is 90.9 cm³/mol. The van der Waals surface area contributed by atoms with Gasteiger partial charge in [-0.2, -0.15) is 0 Å². The second-order valence-electron chi connectivity index (χ2n) is 5.40. The molecule has 0 spiro atoms. The summed E-state index contributed by atoms with van der Waals surface area (Å²) in [7, 11) is 1.51. The number of methoxy groups -OCH3 is 1. The van der Waals surface area contributed by atoms with Crippen LogP contribution in [0.3, 0.4) is 0 Å². The maximum absolute atomic E-state index is 13.7. The van der Waals surface area contributed by atoms with Crippen LogP contribution in [0.1, 0.15) is 18.1 Å². The Bertz CT molecular complexity index is 873. The average Bonchev–Trinajstić information content (AvgIpc) is 2.93. The molecule has 0 amide bonds. The van der Waals surface area contributed by atoms with Gasteiger partial charge in [-0.3, -0.25) is 0 Å². The number of ether oxygens (including phenoxy) is 2. The predicted octanol–water partition coefficient (Wildman–Crippen LogP) is 3.73. The van der Waals surface area contributed by atoms with E-state index in [1.807, 2.05) is 0 Å². The molecule has 0 radical (unpaired) electrons. The minimum Gasteiger partial charge on any atom is -0.493 e. The van der Waals surface area contributed by atoms with E-state index in [0.29, 0.717) is 28.3 Å². The van der Waals surface area contributed by atoms with Gasteiger partial charge in [-0.25, -0.2) is 9.18 Å². The molecular formula is C19H16FNO4. The molecule has 1 heterocycles. The van der Waals surface area contributed by atoms with Crippen molar-refractivity contribution in [3.05, 3.63) is 65.0 Å². The minimum absolute atomic E-state index is 0.0849. The van der Waals surface area contributed by atoms with Crippen molar-refractivity contribution in [3.63, 3.8) is 0 Å². The topological polar surface area (TPSA) is 57.1 Å². The third-order valence-corrected chi connectivity index (χ3v) is 3.71. The van der Waals surface area contributed by atoms with Crippen molar-refractivity contribution in [2.24, 2.45) is 5.16 Å². The van der Waals surface area contributed by atoms with Gasteiger partial charge in [0.2, 0.25) is 0 Å². The first-order valence-corrected chi connectivity index (χ1v) is 7.60. The summed E-state index contributed by atoms with van der Waals surface area (Å²) in [4.78, 5) is 16.2. The van der Waals surface area contributed by atoms with Crippen LogP contribution in [0, 0.1) is 5.82 Å². The van der Waals surface area contributed by atoms with Crippen molar-refractivity contribution in [3.8, 4) is 11.5 Å². The molecule has 25 heavy (non-hydrogen) atoms. The lowest BCUT2D eigenvalue weighted by Gasteiger charge is -2.12. The summed E-state index contributed by atoms with van der Waals surface area (Å²) in [6.45, 7) is 1.78. The average molecular weight is 341 g/mol. The maximum atomic E-state index is 13.7. The lowest BCUT2D eigenvalue weighted by molar-refractivity contribution is -0.136. The highest BCUT2D eigenvalue weighted by atomic mass is 19.1. The molecule has 6 heteroatoms. The SMILES string of the molecule is COc1cc(/C=C2/C(=O)ON=C2C)ccc1OCc1ccccc1F. The Morgan fingerprint density at radius 3 is 2.68 bits per heavy atom. The van der Waals surface area contributed by atoms with E-state index in [2.05, 4.69) is 9.99 Å². The lowest BCUT2D eigenvalue weighted by atomic mass is 10.1. The van der Waals surface area contributed by atoms with Gasteiger partial charge in [-0.1, -0.05) is 29.4 Å². The van der Waals surface area contributed by atoms with Crippen LogP contribution in [0.5, 0.6) is 11.5 Å². The number of hydrogen-bond acceptors (Lipinski definition) is 5. The van der Waals surface area contributed by atoms with E-state index in [1.165, 1.54) is 13.2 Å². The van der Waals surface area contributed by atoms with E-state index < -0.39 is 5.97 Å². The summed E-state index contributed by atoms with van der Waals surface area (Å²) >= 11 is 0. The van der Waals surface area contributed by atoms with Gasteiger partial charge in [0.1, 0.15) is 12.4 Å². The second-order valence-corrected chi connectivity index (χ2v) is 5.40. The summed E-state index contributed by atoms with van der Waals surface area (Å²) in [5, 5.41) is 3.63. The third kappa shape index (κ3) is 3.68. The zero-order valence-corrected chi connectivity index (χ0v) is 13.8. The third-order valence-electron chi connectivity index (χ3n) is 3.71. The standard InChI is InChI=1S/C19H16FNO4/c1-12-15(19(22)25-21-12)9-13-7-8-17(18(10-13)23-2)24-11-14-5-3-4-6-16(14)20/h3-10H,11H2,1-2H3/b15-9+. The van der Waals surface area contributed by atoms with Crippen LogP contribution in [0.2, 0.25) is 0 Å². The molecule has 0 bridgehead atoms. The van der Waals surface area contributed by atoms with Crippen molar-refractivity contribution in [2.75, 3.05) is 7.11 Å². The molecule has 0 unspecified atom stereocenters. The molecule has 0 atom stereocenters. The van der Waals surface area contributed by atoms with Crippen LogP contribution in [-0.2, 0) is 16.2 Å². The highest BCUT2D eigenvalue weighted by Crippen LogP contribution is 2.30. The molecule has 1 aliphatic heterocycles. The van der Waals surface area contributed by atoms with Crippen molar-refractivity contribution in [2.45, 2.75) is 13.5 Å². The van der Waals surface area contributed by atoms with Crippen molar-refractivity contribution < 1.29 is 23.5 Å². The van der Waals surface area contributed by atoms with Crippen LogP contribution in [0.25, 0.3) is 6.08 Å². The monoisotopic (exact) mass is 341 g/mol. The van der Waals surface area contributed by atoms with Gasteiger partial charge in [0.25, 0.3) is 0 Å². The molecule has 0 aromatic heterocycles. The Morgan fingerprint density at radius 1 is 1.20 bits per heavy atom. The summed E-state index contributed by atoms with van der Waals surface area (Å²) in [5.41, 5.74) is 2.10. The summed E-state index contributed by atoms with van der Waals surface area (Å²) in [6, 6.07) is 11.6. The molecule has 3 rings (SSSR count). The van der Waals surface area contributed by atoms with Crippen LogP contribution in [-0.4, -0.2) is 18.8 Å². The molecule has 0 aliphatic carbocycles. The smallest absolute Gasteiger partial charge is 0.367 e. The molecule has 5 nitrogen and oxygen atoms in total. The molecule has 0 N–H and O–H groups in total. The summed E-state index contributed by atoms with van der Waals surface area (Å²) in [5.74, 6) is 0.146. The quantitative estimate of drug-likeness (QED) is 0.614. The highest BCUT2D eigenvalue weighted by molar-refractivity contribution is 6.24. The Labute approximate surface area is 144 Å². The number of oxime groups is 1. The summed E-state index contributed by atoms with van der Waals surface area (Å²) < 4.78 is 24.7. The van der Waals surface area contributed by atoms with Crippen molar-refractivity contribution in [1.82, 2.24) is 0 Å². The van der Waals surface area contributed by atoms with Crippen molar-refractivity contribution in [1.29, 1.82) is 0 Å². The Balaban J connectivity index is 1.80. The number of carbonyl (C=O) groups is 1. The molecule has 2 aromatic rings. The van der Waals surface area contributed by atoms with E-state index in [1.54, 1.807) is 49.4 Å². The number of rotatable bonds is 5. The van der Waals surface area contributed by atoms with E-state index in [-0.39, 0.29) is 12.4 Å². The zero-order valence-electron chi connectivity index (χ0n) is 13.8. The highest BCUT2D eigenvalue weighted by Gasteiger charge is 2.21.